The third kappa shape index (κ3) is 4.52. The number of nitriles is 1. The van der Waals surface area contributed by atoms with Crippen molar-refractivity contribution in [2.45, 2.75) is 37.3 Å². The van der Waals surface area contributed by atoms with Crippen LogP contribution in [0.4, 0.5) is 5.82 Å². The second-order valence-corrected chi connectivity index (χ2v) is 6.53. The summed E-state index contributed by atoms with van der Waals surface area (Å²) in [6.07, 6.45) is 0.990. The molecule has 1 heterocycles. The lowest BCUT2D eigenvalue weighted by atomic mass is 10.2. The molecule has 0 fully saturated rings. The molecule has 2 aromatic rings. The van der Waals surface area contributed by atoms with E-state index in [4.69, 9.17) is 15.2 Å². The summed E-state index contributed by atoms with van der Waals surface area (Å²) in [6, 6.07) is 9.30. The van der Waals surface area contributed by atoms with Crippen LogP contribution in [0.15, 0.2) is 29.4 Å². The van der Waals surface area contributed by atoms with Crippen molar-refractivity contribution >= 4 is 17.6 Å². The lowest BCUT2D eigenvalue weighted by Gasteiger charge is -2.12. The van der Waals surface area contributed by atoms with Crippen LogP contribution in [0.25, 0.3) is 0 Å². The fourth-order valence-corrected chi connectivity index (χ4v) is 2.73. The quantitative estimate of drug-likeness (QED) is 0.607. The predicted octanol–water partition coefficient (Wildman–Crippen LogP) is 3.41. The van der Waals surface area contributed by atoms with Crippen LogP contribution in [0, 0.1) is 11.3 Å². The standard InChI is InChI=1S/C17H20N4O2S/c1-4-11(2)24-17-20-15(14(9-18)16(19)21-17)10-23-13-7-5-6-12(8-13)22-3/h5-8,11H,4,10H2,1-3H3,(H2,19,20,21)/t11-/m0/s1. The van der Waals surface area contributed by atoms with Gasteiger partial charge < -0.3 is 15.2 Å². The highest BCUT2D eigenvalue weighted by Gasteiger charge is 2.15. The summed E-state index contributed by atoms with van der Waals surface area (Å²) in [4.78, 5) is 8.65. The zero-order valence-electron chi connectivity index (χ0n) is 13.9. The van der Waals surface area contributed by atoms with Crippen molar-refractivity contribution < 1.29 is 9.47 Å². The van der Waals surface area contributed by atoms with Crippen LogP contribution < -0.4 is 15.2 Å². The third-order valence-corrected chi connectivity index (χ3v) is 4.53. The number of nitrogen functional groups attached to an aromatic ring is 1. The second kappa shape index (κ2) is 8.41. The van der Waals surface area contributed by atoms with E-state index < -0.39 is 0 Å². The SMILES string of the molecule is CC[C@H](C)Sc1nc(N)c(C#N)c(COc2cccc(OC)c2)n1. The number of benzene rings is 1. The molecule has 2 rings (SSSR count). The summed E-state index contributed by atoms with van der Waals surface area (Å²) in [5.74, 6) is 1.51. The summed E-state index contributed by atoms with van der Waals surface area (Å²) in [7, 11) is 1.59. The van der Waals surface area contributed by atoms with E-state index in [1.165, 1.54) is 11.8 Å². The number of nitrogens with two attached hydrogens (primary N) is 1. The van der Waals surface area contributed by atoms with Gasteiger partial charge >= 0.3 is 0 Å². The summed E-state index contributed by atoms with van der Waals surface area (Å²) in [5, 5.41) is 10.2. The topological polar surface area (TPSA) is 94.0 Å². The number of hydrogen-bond acceptors (Lipinski definition) is 7. The van der Waals surface area contributed by atoms with E-state index >= 15 is 0 Å². The molecule has 0 unspecified atom stereocenters. The van der Waals surface area contributed by atoms with Gasteiger partial charge in [0.1, 0.15) is 41.3 Å². The zero-order valence-corrected chi connectivity index (χ0v) is 14.8. The van der Waals surface area contributed by atoms with Gasteiger partial charge in [0.15, 0.2) is 5.16 Å². The van der Waals surface area contributed by atoms with Crippen LogP contribution in [0.3, 0.4) is 0 Å². The summed E-state index contributed by atoms with van der Waals surface area (Å²) in [6.45, 7) is 4.32. The average Bonchev–Trinajstić information content (AvgIpc) is 2.59. The van der Waals surface area contributed by atoms with Crippen molar-refractivity contribution in [3.63, 3.8) is 0 Å². The number of methoxy groups -OCH3 is 1. The molecule has 0 saturated carbocycles. The number of nitrogens with zero attached hydrogens (tertiary/aromatic N) is 3. The third-order valence-electron chi connectivity index (χ3n) is 3.40. The number of anilines is 1. The Bertz CT molecular complexity index is 746. The highest BCUT2D eigenvalue weighted by atomic mass is 32.2. The highest BCUT2D eigenvalue weighted by molar-refractivity contribution is 7.99. The molecule has 7 heteroatoms. The molecule has 0 aliphatic heterocycles. The van der Waals surface area contributed by atoms with Crippen LogP contribution in [0.1, 0.15) is 31.5 Å². The van der Waals surface area contributed by atoms with Gasteiger partial charge in [-0.25, -0.2) is 9.97 Å². The fraction of sp³-hybridized carbons (Fsp3) is 0.353. The first kappa shape index (κ1) is 17.9. The van der Waals surface area contributed by atoms with Crippen molar-refractivity contribution in [2.75, 3.05) is 12.8 Å². The first-order chi connectivity index (χ1) is 11.6. The second-order valence-electron chi connectivity index (χ2n) is 5.13. The molecule has 1 aromatic heterocycles. The summed E-state index contributed by atoms with van der Waals surface area (Å²) >= 11 is 1.53. The molecule has 0 aliphatic rings. The maximum absolute atomic E-state index is 9.31. The van der Waals surface area contributed by atoms with Gasteiger partial charge in [0, 0.05) is 11.3 Å². The van der Waals surface area contributed by atoms with Crippen LogP contribution >= 0.6 is 11.8 Å². The van der Waals surface area contributed by atoms with Crippen LogP contribution in [-0.2, 0) is 6.61 Å². The van der Waals surface area contributed by atoms with Gasteiger partial charge in [-0.05, 0) is 18.6 Å². The van der Waals surface area contributed by atoms with E-state index in [2.05, 4.69) is 29.9 Å². The summed E-state index contributed by atoms with van der Waals surface area (Å²) in [5.41, 5.74) is 6.64. The normalized spacial score (nSPS) is 11.6. The lowest BCUT2D eigenvalue weighted by Crippen LogP contribution is -2.09. The van der Waals surface area contributed by atoms with Crippen molar-refractivity contribution in [2.24, 2.45) is 0 Å². The Hall–Kier alpha value is -2.46. The lowest BCUT2D eigenvalue weighted by molar-refractivity contribution is 0.297. The van der Waals surface area contributed by atoms with Gasteiger partial charge in [-0.1, -0.05) is 31.7 Å². The summed E-state index contributed by atoms with van der Waals surface area (Å²) < 4.78 is 10.9. The number of aromatic nitrogens is 2. The fourth-order valence-electron chi connectivity index (χ4n) is 1.89. The molecule has 0 spiro atoms. The molecule has 2 N–H and O–H groups in total. The molecule has 126 valence electrons. The van der Waals surface area contributed by atoms with Gasteiger partial charge in [0.25, 0.3) is 0 Å². The predicted molar refractivity (Wildman–Crippen MR) is 94.1 cm³/mol. The molecule has 0 radical (unpaired) electrons. The average molecular weight is 344 g/mol. The van der Waals surface area contributed by atoms with Crippen molar-refractivity contribution in [1.82, 2.24) is 9.97 Å². The Kier molecular flexibility index (Phi) is 6.27. The van der Waals surface area contributed by atoms with Crippen LogP contribution in [0.5, 0.6) is 11.5 Å². The van der Waals surface area contributed by atoms with Crippen molar-refractivity contribution in [3.8, 4) is 17.6 Å². The minimum Gasteiger partial charge on any atom is -0.497 e. The van der Waals surface area contributed by atoms with Gasteiger partial charge in [0.05, 0.1) is 7.11 Å². The minimum atomic E-state index is 0.136. The molecule has 1 aromatic carbocycles. The first-order valence-corrected chi connectivity index (χ1v) is 8.45. The Balaban J connectivity index is 2.22. The minimum absolute atomic E-state index is 0.136. The largest absolute Gasteiger partial charge is 0.497 e. The molecule has 0 bridgehead atoms. The molecule has 6 nitrogen and oxygen atoms in total. The Labute approximate surface area is 146 Å². The first-order valence-electron chi connectivity index (χ1n) is 7.57. The maximum atomic E-state index is 9.31. The number of ether oxygens (including phenoxy) is 2. The number of rotatable bonds is 7. The van der Waals surface area contributed by atoms with E-state index in [0.717, 1.165) is 6.42 Å². The van der Waals surface area contributed by atoms with Gasteiger partial charge in [-0.3, -0.25) is 0 Å². The van der Waals surface area contributed by atoms with Crippen molar-refractivity contribution in [3.05, 3.63) is 35.5 Å². The highest BCUT2D eigenvalue weighted by Crippen LogP contribution is 2.26. The van der Waals surface area contributed by atoms with E-state index in [9.17, 15) is 5.26 Å². The Morgan fingerprint density at radius 2 is 2.08 bits per heavy atom. The van der Waals surface area contributed by atoms with E-state index in [-0.39, 0.29) is 18.0 Å². The van der Waals surface area contributed by atoms with E-state index in [1.807, 2.05) is 18.2 Å². The molecule has 24 heavy (non-hydrogen) atoms. The van der Waals surface area contributed by atoms with E-state index in [0.29, 0.717) is 27.6 Å². The Morgan fingerprint density at radius 1 is 1.33 bits per heavy atom. The van der Waals surface area contributed by atoms with Crippen molar-refractivity contribution in [1.29, 1.82) is 5.26 Å². The monoisotopic (exact) mass is 344 g/mol. The van der Waals surface area contributed by atoms with Crippen LogP contribution in [-0.4, -0.2) is 22.3 Å². The van der Waals surface area contributed by atoms with Gasteiger partial charge in [0.2, 0.25) is 0 Å². The van der Waals surface area contributed by atoms with Gasteiger partial charge in [-0.2, -0.15) is 5.26 Å². The molecule has 0 amide bonds. The molecule has 1 atom stereocenters. The number of thioether (sulfide) groups is 1. The molecular formula is C17H20N4O2S. The van der Waals surface area contributed by atoms with Gasteiger partial charge in [-0.15, -0.1) is 0 Å². The Morgan fingerprint density at radius 3 is 2.75 bits per heavy atom. The van der Waals surface area contributed by atoms with Crippen LogP contribution in [0.2, 0.25) is 0 Å². The smallest absolute Gasteiger partial charge is 0.190 e. The van der Waals surface area contributed by atoms with E-state index in [1.54, 1.807) is 13.2 Å². The molecule has 0 saturated heterocycles. The molecular weight excluding hydrogens is 324 g/mol. The zero-order chi connectivity index (χ0) is 17.5. The molecule has 0 aliphatic carbocycles. The number of hydrogen-bond donors (Lipinski definition) is 1. The maximum Gasteiger partial charge on any atom is 0.190 e.